The van der Waals surface area contributed by atoms with Crippen LogP contribution in [-0.4, -0.2) is 121 Å². The van der Waals surface area contributed by atoms with Gasteiger partial charge < -0.3 is 44.7 Å². The lowest BCUT2D eigenvalue weighted by atomic mass is 10.1. The van der Waals surface area contributed by atoms with Crippen molar-refractivity contribution >= 4 is 46.5 Å². The lowest BCUT2D eigenvalue weighted by molar-refractivity contribution is -0.138. The van der Waals surface area contributed by atoms with E-state index in [0.29, 0.717) is 60.2 Å². The van der Waals surface area contributed by atoms with Crippen molar-refractivity contribution in [2.75, 3.05) is 89.9 Å². The Labute approximate surface area is 461 Å². The number of pyridine rings is 2. The first-order valence-electron chi connectivity index (χ1n) is 25.0. The molecule has 6 rings (SSSR count). The summed E-state index contributed by atoms with van der Waals surface area (Å²) in [5, 5.41) is 7.89. The average molecular weight is 1120 g/mol. The van der Waals surface area contributed by atoms with Crippen LogP contribution in [0.3, 0.4) is 0 Å². The third-order valence-corrected chi connectivity index (χ3v) is 11.9. The largest absolute Gasteiger partial charge is 0.493 e. The zero-order valence-corrected chi connectivity index (χ0v) is 46.6. The maximum Gasteiger partial charge on any atom is 0.416 e. The van der Waals surface area contributed by atoms with E-state index < -0.39 is 35.3 Å². The molecule has 426 valence electrons. The zero-order chi connectivity index (χ0) is 58.3. The molecule has 0 spiro atoms. The van der Waals surface area contributed by atoms with Crippen molar-refractivity contribution in [1.82, 2.24) is 29.7 Å². The number of ether oxygens (including phenoxy) is 4. The minimum atomic E-state index is -4.53. The molecule has 0 saturated heterocycles. The van der Waals surface area contributed by atoms with Gasteiger partial charge in [-0.25, -0.2) is 9.97 Å². The first kappa shape index (κ1) is 64.0. The van der Waals surface area contributed by atoms with Crippen molar-refractivity contribution in [2.45, 2.75) is 71.1 Å². The highest BCUT2D eigenvalue weighted by Gasteiger charge is 2.34. The molecule has 3 aromatic heterocycles. The second-order valence-electron chi connectivity index (χ2n) is 17.7. The topological polar surface area (TPSA) is 182 Å². The van der Waals surface area contributed by atoms with Gasteiger partial charge >= 0.3 is 12.4 Å². The van der Waals surface area contributed by atoms with Gasteiger partial charge in [-0.05, 0) is 141 Å². The minimum Gasteiger partial charge on any atom is -0.493 e. The molecule has 0 saturated carbocycles. The van der Waals surface area contributed by atoms with Crippen LogP contribution in [0.5, 0.6) is 23.3 Å². The highest BCUT2D eigenvalue weighted by Crippen LogP contribution is 2.36. The maximum absolute atomic E-state index is 13.1. The van der Waals surface area contributed by atoms with Crippen LogP contribution in [0.1, 0.15) is 92.6 Å². The number of aryl methyl sites for hydroxylation is 3. The Bertz CT molecular complexity index is 2930. The fourth-order valence-corrected chi connectivity index (χ4v) is 7.77. The van der Waals surface area contributed by atoms with Crippen molar-refractivity contribution in [3.63, 3.8) is 0 Å². The molecule has 0 atom stereocenters. The van der Waals surface area contributed by atoms with Crippen LogP contribution in [0.4, 0.5) is 43.4 Å². The van der Waals surface area contributed by atoms with Gasteiger partial charge in [0.25, 0.3) is 17.7 Å². The fraction of sp³-hybridized carbons (Fsp3) is 0.375. The molecule has 3 heterocycles. The summed E-state index contributed by atoms with van der Waals surface area (Å²) >= 11 is 1.41. The van der Waals surface area contributed by atoms with E-state index in [1.165, 1.54) is 56.2 Å². The van der Waals surface area contributed by atoms with Crippen molar-refractivity contribution in [1.29, 1.82) is 0 Å². The number of unbranched alkanes of at least 4 members (excludes halogenated alkanes) is 1. The number of likely N-dealkylation sites (N-methyl/N-ethyl adjacent to an activating group) is 2. The van der Waals surface area contributed by atoms with Crippen LogP contribution in [0.25, 0.3) is 0 Å². The molecule has 0 aliphatic heterocycles. The van der Waals surface area contributed by atoms with Gasteiger partial charge in [-0.15, -0.1) is 11.8 Å². The molecular weight excluding hydrogens is 1060 g/mol. The lowest BCUT2D eigenvalue weighted by Gasteiger charge is -2.16. The number of halogens is 6. The van der Waals surface area contributed by atoms with Crippen LogP contribution >= 0.6 is 11.8 Å². The van der Waals surface area contributed by atoms with Gasteiger partial charge in [0.15, 0.2) is 5.56 Å². The number of benzene rings is 3. The molecule has 0 fully saturated rings. The molecule has 0 aliphatic carbocycles. The molecule has 0 aliphatic rings. The number of carbonyl (C=O) groups excluding carboxylic acids is 3. The first-order valence-corrected chi connectivity index (χ1v) is 26.2. The number of aromatic nitrogens is 4. The van der Waals surface area contributed by atoms with E-state index in [1.54, 1.807) is 55.8 Å². The SMILES string of the molecule is CCCCc1nccc(SC)c1C(=O)Nc1ccc(C)c(C(F)(F)F)c1.CCOc1cccc(OCCN(C)C)c1C(=O)Nc1ccncc1.CCOc1ncnc(OCCN(C)C)c1C(=O)Nc1ccc(C)c(C(F)(F)F)c1. The molecule has 3 amide bonds. The molecule has 0 radical (unpaired) electrons. The fourth-order valence-electron chi connectivity index (χ4n) is 7.16. The molecular formula is C56H67F6N9O7S. The lowest BCUT2D eigenvalue weighted by Crippen LogP contribution is -2.22. The Hall–Kier alpha value is -7.50. The number of amides is 3. The molecule has 0 bridgehead atoms. The zero-order valence-electron chi connectivity index (χ0n) is 45.8. The number of nitrogens with zero attached hydrogens (tertiary/aromatic N) is 6. The van der Waals surface area contributed by atoms with E-state index in [4.69, 9.17) is 18.9 Å². The Morgan fingerprint density at radius 3 is 1.58 bits per heavy atom. The molecule has 23 heteroatoms. The number of hydrogen-bond acceptors (Lipinski definition) is 14. The van der Waals surface area contributed by atoms with Gasteiger partial charge in [-0.2, -0.15) is 26.3 Å². The van der Waals surface area contributed by atoms with Gasteiger partial charge in [0, 0.05) is 53.6 Å². The van der Waals surface area contributed by atoms with Gasteiger partial charge in [-0.3, -0.25) is 24.4 Å². The number of rotatable bonds is 22. The van der Waals surface area contributed by atoms with E-state index in [1.807, 2.05) is 64.2 Å². The van der Waals surface area contributed by atoms with Crippen molar-refractivity contribution in [2.24, 2.45) is 0 Å². The van der Waals surface area contributed by atoms with Crippen LogP contribution in [-0.2, 0) is 18.8 Å². The Morgan fingerprint density at radius 2 is 1.08 bits per heavy atom. The summed E-state index contributed by atoms with van der Waals surface area (Å²) in [5.74, 6) is -0.448. The van der Waals surface area contributed by atoms with Crippen LogP contribution in [0.2, 0.25) is 0 Å². The number of nitrogens with one attached hydrogen (secondary N) is 3. The third-order valence-electron chi connectivity index (χ3n) is 11.1. The second-order valence-corrected chi connectivity index (χ2v) is 18.6. The smallest absolute Gasteiger partial charge is 0.416 e. The van der Waals surface area contributed by atoms with Gasteiger partial charge in [-0.1, -0.05) is 31.5 Å². The van der Waals surface area contributed by atoms with E-state index in [0.717, 1.165) is 36.4 Å². The number of anilines is 3. The predicted molar refractivity (Wildman–Crippen MR) is 294 cm³/mol. The Morgan fingerprint density at radius 1 is 0.582 bits per heavy atom. The number of thioether (sulfide) groups is 1. The first-order chi connectivity index (χ1) is 37.5. The summed E-state index contributed by atoms with van der Waals surface area (Å²) in [7, 11) is 7.66. The number of carbonyl (C=O) groups is 3. The molecule has 3 aromatic carbocycles. The number of alkyl halides is 6. The van der Waals surface area contributed by atoms with Crippen molar-refractivity contribution in [3.05, 3.63) is 142 Å². The van der Waals surface area contributed by atoms with Crippen LogP contribution in [0, 0.1) is 13.8 Å². The molecule has 16 nitrogen and oxygen atoms in total. The second kappa shape index (κ2) is 31.2. The summed E-state index contributed by atoms with van der Waals surface area (Å²) in [5.41, 5.74) is 0.778. The van der Waals surface area contributed by atoms with E-state index in [9.17, 15) is 40.7 Å². The summed E-state index contributed by atoms with van der Waals surface area (Å²) in [6.07, 6.45) is 1.44. The summed E-state index contributed by atoms with van der Waals surface area (Å²) in [4.78, 5) is 59.2. The Balaban J connectivity index is 0.000000256. The molecule has 3 N–H and O–H groups in total. The standard InChI is InChI=1S/C19H23F3N4O3.C19H21F3N2OS.C18H23N3O3/c1-5-28-17-15(18(24-11-23-17)29-9-8-26(3)4)16(27)25-13-7-6-12(2)14(10-13)19(20,21)22;1-4-5-6-15-17(16(26-3)9-10-23-15)18(25)24-13-8-7-12(2)14(11-13)19(20,21)22;1-4-23-15-6-5-7-16(24-13-12-21(2)3)17(15)18(22)20-14-8-10-19-11-9-14/h6-7,10-11H,5,8-9H2,1-4H3,(H,25,27);7-11H,4-6H2,1-3H3,(H,24,25);5-11H,4,12-13H2,1-3H3,(H,19,20,22). The summed E-state index contributed by atoms with van der Waals surface area (Å²) in [6.45, 7) is 11.1. The van der Waals surface area contributed by atoms with Crippen molar-refractivity contribution in [3.8, 4) is 23.3 Å². The number of hydrogen-bond donors (Lipinski definition) is 3. The van der Waals surface area contributed by atoms with Gasteiger partial charge in [0.1, 0.15) is 36.6 Å². The molecule has 79 heavy (non-hydrogen) atoms. The summed E-state index contributed by atoms with van der Waals surface area (Å²) in [6, 6.07) is 17.9. The van der Waals surface area contributed by atoms with Gasteiger partial charge in [0.05, 0.1) is 35.6 Å². The van der Waals surface area contributed by atoms with E-state index in [-0.39, 0.29) is 58.9 Å². The van der Waals surface area contributed by atoms with E-state index >= 15 is 0 Å². The molecule has 0 unspecified atom stereocenters. The monoisotopic (exact) mass is 1120 g/mol. The average Bonchev–Trinajstić information content (AvgIpc) is 3.39. The minimum absolute atomic E-state index is 0.00837. The van der Waals surface area contributed by atoms with Crippen molar-refractivity contribution < 1.29 is 59.7 Å². The molecule has 6 aromatic rings. The highest BCUT2D eigenvalue weighted by molar-refractivity contribution is 7.98. The van der Waals surface area contributed by atoms with Crippen LogP contribution < -0.4 is 34.9 Å². The van der Waals surface area contributed by atoms with E-state index in [2.05, 4.69) is 35.9 Å². The summed E-state index contributed by atoms with van der Waals surface area (Å²) < 4.78 is 101. The Kier molecular flexibility index (Phi) is 25.3. The predicted octanol–water partition coefficient (Wildman–Crippen LogP) is 11.8. The normalized spacial score (nSPS) is 11.2. The quantitative estimate of drug-likeness (QED) is 0.0431. The van der Waals surface area contributed by atoms with Gasteiger partial charge in [0.2, 0.25) is 11.8 Å². The van der Waals surface area contributed by atoms with Crippen LogP contribution in [0.15, 0.2) is 103 Å². The highest BCUT2D eigenvalue weighted by atomic mass is 32.2. The maximum atomic E-state index is 13.1. The third kappa shape index (κ3) is 20.0.